The van der Waals surface area contributed by atoms with Crippen molar-refractivity contribution in [2.24, 2.45) is 5.41 Å². The van der Waals surface area contributed by atoms with Crippen LogP contribution >= 0.6 is 0 Å². The molecule has 1 fully saturated rings. The van der Waals surface area contributed by atoms with Crippen molar-refractivity contribution in [1.29, 1.82) is 0 Å². The fourth-order valence-electron chi connectivity index (χ4n) is 2.32. The van der Waals surface area contributed by atoms with Crippen LogP contribution in [0, 0.1) is 5.41 Å². The normalized spacial score (nSPS) is 18.3. The Kier molecular flexibility index (Phi) is 6.36. The maximum atomic E-state index is 12.2. The van der Waals surface area contributed by atoms with Gasteiger partial charge < -0.3 is 15.4 Å². The van der Waals surface area contributed by atoms with Gasteiger partial charge in [-0.05, 0) is 39.3 Å². The lowest BCUT2D eigenvalue weighted by Gasteiger charge is -2.35. The number of nitrogens with one attached hydrogen (secondary N) is 2. The molecule has 1 aliphatic heterocycles. The molecule has 4 nitrogen and oxygen atoms in total. The van der Waals surface area contributed by atoms with E-state index in [0.717, 1.165) is 37.9 Å². The summed E-state index contributed by atoms with van der Waals surface area (Å²) in [6, 6.07) is 0. The van der Waals surface area contributed by atoms with Crippen molar-refractivity contribution < 1.29 is 9.53 Å². The first-order valence-electron chi connectivity index (χ1n) is 6.82. The summed E-state index contributed by atoms with van der Waals surface area (Å²) in [7, 11) is 0. The van der Waals surface area contributed by atoms with E-state index in [1.165, 1.54) is 0 Å². The minimum absolute atomic E-state index is 0.167. The van der Waals surface area contributed by atoms with Crippen LogP contribution in [0.2, 0.25) is 0 Å². The summed E-state index contributed by atoms with van der Waals surface area (Å²) in [5.74, 6) is 0.186. The largest absolute Gasteiger partial charge is 0.375 e. The number of piperidine rings is 1. The lowest BCUT2D eigenvalue weighted by Crippen LogP contribution is -2.47. The molecule has 0 aromatic rings. The van der Waals surface area contributed by atoms with E-state index in [0.29, 0.717) is 19.8 Å². The third kappa shape index (κ3) is 4.42. The highest BCUT2D eigenvalue weighted by molar-refractivity contribution is 5.82. The van der Waals surface area contributed by atoms with Crippen molar-refractivity contribution in [2.45, 2.75) is 33.1 Å². The van der Waals surface area contributed by atoms with Gasteiger partial charge in [0.1, 0.15) is 0 Å². The molecule has 18 heavy (non-hydrogen) atoms. The van der Waals surface area contributed by atoms with Gasteiger partial charge in [0, 0.05) is 6.54 Å². The quantitative estimate of drug-likeness (QED) is 0.534. The average Bonchev–Trinajstić information content (AvgIpc) is 2.38. The second kappa shape index (κ2) is 7.54. The number of amides is 1. The zero-order chi connectivity index (χ0) is 13.4. The van der Waals surface area contributed by atoms with Crippen molar-refractivity contribution in [3.63, 3.8) is 0 Å². The second-order valence-electron chi connectivity index (χ2n) is 5.15. The Morgan fingerprint density at radius 1 is 1.44 bits per heavy atom. The maximum Gasteiger partial charge on any atom is 0.226 e. The van der Waals surface area contributed by atoms with E-state index >= 15 is 0 Å². The van der Waals surface area contributed by atoms with E-state index in [1.54, 1.807) is 0 Å². The number of ether oxygens (including phenoxy) is 1. The van der Waals surface area contributed by atoms with Gasteiger partial charge in [0.15, 0.2) is 0 Å². The molecule has 1 heterocycles. The van der Waals surface area contributed by atoms with Crippen LogP contribution < -0.4 is 10.6 Å². The molecule has 0 radical (unpaired) electrons. The molecule has 0 aromatic heterocycles. The number of carbonyl (C=O) groups is 1. The van der Waals surface area contributed by atoms with Crippen LogP contribution in [0.1, 0.15) is 33.1 Å². The van der Waals surface area contributed by atoms with Crippen LogP contribution in [0.15, 0.2) is 12.2 Å². The van der Waals surface area contributed by atoms with E-state index in [4.69, 9.17) is 4.74 Å². The summed E-state index contributed by atoms with van der Waals surface area (Å²) >= 11 is 0. The van der Waals surface area contributed by atoms with Gasteiger partial charge in [-0.1, -0.05) is 19.1 Å². The van der Waals surface area contributed by atoms with E-state index in [9.17, 15) is 4.79 Å². The van der Waals surface area contributed by atoms with Gasteiger partial charge in [0.05, 0.1) is 18.6 Å². The predicted molar refractivity (Wildman–Crippen MR) is 73.5 cm³/mol. The summed E-state index contributed by atoms with van der Waals surface area (Å²) in [5, 5.41) is 6.30. The van der Waals surface area contributed by atoms with Gasteiger partial charge in [-0.3, -0.25) is 4.79 Å². The lowest BCUT2D eigenvalue weighted by molar-refractivity contribution is -0.133. The average molecular weight is 254 g/mol. The summed E-state index contributed by atoms with van der Waals surface area (Å²) in [4.78, 5) is 12.2. The van der Waals surface area contributed by atoms with Crippen molar-refractivity contribution in [2.75, 3.05) is 32.8 Å². The molecule has 1 rings (SSSR count). The number of carbonyl (C=O) groups excluding carboxylic acids is 1. The Morgan fingerprint density at radius 3 is 2.67 bits per heavy atom. The Balaban J connectivity index is 2.27. The first-order valence-corrected chi connectivity index (χ1v) is 6.82. The Morgan fingerprint density at radius 2 is 2.11 bits per heavy atom. The Bertz CT molecular complexity index is 284. The lowest BCUT2D eigenvalue weighted by atomic mass is 9.76. The summed E-state index contributed by atoms with van der Waals surface area (Å²) < 4.78 is 5.37. The molecule has 0 atom stereocenters. The van der Waals surface area contributed by atoms with Crippen LogP contribution in [-0.4, -0.2) is 38.8 Å². The fraction of sp³-hybridized carbons (Fsp3) is 0.786. The molecule has 0 unspecified atom stereocenters. The monoisotopic (exact) mass is 254 g/mol. The van der Waals surface area contributed by atoms with Gasteiger partial charge in [0.25, 0.3) is 0 Å². The zero-order valence-electron chi connectivity index (χ0n) is 11.7. The van der Waals surface area contributed by atoms with Crippen molar-refractivity contribution in [3.05, 3.63) is 12.2 Å². The van der Waals surface area contributed by atoms with E-state index in [1.807, 2.05) is 6.92 Å². The molecule has 0 bridgehead atoms. The predicted octanol–water partition coefficient (Wildman–Crippen LogP) is 1.48. The van der Waals surface area contributed by atoms with E-state index in [-0.39, 0.29) is 11.3 Å². The summed E-state index contributed by atoms with van der Waals surface area (Å²) in [5.41, 5.74) is 0.837. The SMILES string of the molecule is C=C(C)COCCNC(=O)C1(CC)CCNCC1. The van der Waals surface area contributed by atoms with Gasteiger partial charge in [0.2, 0.25) is 5.91 Å². The number of rotatable bonds is 7. The van der Waals surface area contributed by atoms with E-state index in [2.05, 4.69) is 24.1 Å². The molecule has 0 spiro atoms. The fourth-order valence-corrected chi connectivity index (χ4v) is 2.32. The Labute approximate surface area is 110 Å². The molecule has 1 saturated heterocycles. The van der Waals surface area contributed by atoms with Crippen LogP contribution in [0.4, 0.5) is 0 Å². The van der Waals surface area contributed by atoms with Gasteiger partial charge >= 0.3 is 0 Å². The minimum atomic E-state index is -0.167. The first kappa shape index (κ1) is 15.2. The number of hydrogen-bond acceptors (Lipinski definition) is 3. The van der Waals surface area contributed by atoms with Gasteiger partial charge in [-0.2, -0.15) is 0 Å². The molecule has 0 saturated carbocycles. The molecule has 2 N–H and O–H groups in total. The highest BCUT2D eigenvalue weighted by Crippen LogP contribution is 2.32. The molecule has 1 amide bonds. The van der Waals surface area contributed by atoms with E-state index < -0.39 is 0 Å². The molecular formula is C14H26N2O2. The van der Waals surface area contributed by atoms with Crippen molar-refractivity contribution >= 4 is 5.91 Å². The highest BCUT2D eigenvalue weighted by Gasteiger charge is 2.37. The maximum absolute atomic E-state index is 12.2. The van der Waals surface area contributed by atoms with Crippen LogP contribution in [0.3, 0.4) is 0 Å². The molecule has 4 heteroatoms. The summed E-state index contributed by atoms with van der Waals surface area (Å²) in [6.07, 6.45) is 2.77. The van der Waals surface area contributed by atoms with Crippen LogP contribution in [-0.2, 0) is 9.53 Å². The topological polar surface area (TPSA) is 50.4 Å². The number of hydrogen-bond donors (Lipinski definition) is 2. The standard InChI is InChI=1S/C14H26N2O2/c1-4-14(5-7-15-8-6-14)13(17)16-9-10-18-11-12(2)3/h15H,2,4-11H2,1,3H3,(H,16,17). The second-order valence-corrected chi connectivity index (χ2v) is 5.15. The first-order chi connectivity index (χ1) is 8.60. The van der Waals surface area contributed by atoms with Crippen LogP contribution in [0.5, 0.6) is 0 Å². The third-order valence-electron chi connectivity index (χ3n) is 3.60. The van der Waals surface area contributed by atoms with Crippen LogP contribution in [0.25, 0.3) is 0 Å². The molecule has 1 aliphatic rings. The molecular weight excluding hydrogens is 228 g/mol. The highest BCUT2D eigenvalue weighted by atomic mass is 16.5. The van der Waals surface area contributed by atoms with Gasteiger partial charge in [-0.15, -0.1) is 0 Å². The molecule has 104 valence electrons. The van der Waals surface area contributed by atoms with Crippen molar-refractivity contribution in [3.8, 4) is 0 Å². The Hall–Kier alpha value is -0.870. The zero-order valence-corrected chi connectivity index (χ0v) is 11.7. The van der Waals surface area contributed by atoms with Gasteiger partial charge in [-0.25, -0.2) is 0 Å². The summed E-state index contributed by atoms with van der Waals surface area (Å²) in [6.45, 7) is 11.4. The third-order valence-corrected chi connectivity index (χ3v) is 3.60. The molecule has 0 aromatic carbocycles. The minimum Gasteiger partial charge on any atom is -0.375 e. The molecule has 0 aliphatic carbocycles. The smallest absolute Gasteiger partial charge is 0.226 e. The van der Waals surface area contributed by atoms with Crippen molar-refractivity contribution in [1.82, 2.24) is 10.6 Å².